The molecule has 1 aliphatic heterocycles. The molecule has 1 heterocycles. The summed E-state index contributed by atoms with van der Waals surface area (Å²) in [6.45, 7) is 0.225. The van der Waals surface area contributed by atoms with Gasteiger partial charge in [0.15, 0.2) is 9.84 Å². The Bertz CT molecular complexity index is 1630. The number of hydrogen-bond donors (Lipinski definition) is 1. The van der Waals surface area contributed by atoms with Gasteiger partial charge in [-0.15, -0.1) is 0 Å². The van der Waals surface area contributed by atoms with Crippen LogP contribution in [0.2, 0.25) is 0 Å². The van der Waals surface area contributed by atoms with E-state index in [-0.39, 0.29) is 49.1 Å². The summed E-state index contributed by atoms with van der Waals surface area (Å²) in [5, 5.41) is 9.33. The Hall–Kier alpha value is -3.20. The summed E-state index contributed by atoms with van der Waals surface area (Å²) in [5.41, 5.74) is -7.02. The van der Waals surface area contributed by atoms with E-state index in [0.717, 1.165) is 42.8 Å². The maximum atomic E-state index is 14.7. The molecular formula is C35H40F7NO6S. The zero-order valence-electron chi connectivity index (χ0n) is 27.5. The first-order valence-electron chi connectivity index (χ1n) is 16.7. The van der Waals surface area contributed by atoms with Gasteiger partial charge >= 0.3 is 18.3 Å². The summed E-state index contributed by atoms with van der Waals surface area (Å²) < 4.78 is 134. The number of carbonyl (C=O) groups is 2. The molecule has 0 spiro atoms. The van der Waals surface area contributed by atoms with Crippen LogP contribution >= 0.6 is 0 Å². The highest BCUT2D eigenvalue weighted by Gasteiger charge is 2.73. The Morgan fingerprint density at radius 2 is 1.38 bits per heavy atom. The van der Waals surface area contributed by atoms with E-state index in [1.807, 2.05) is 0 Å². The van der Waals surface area contributed by atoms with Gasteiger partial charge in [-0.05, 0) is 80.2 Å². The average molecular weight is 736 g/mol. The van der Waals surface area contributed by atoms with E-state index in [2.05, 4.69) is 0 Å². The van der Waals surface area contributed by atoms with Crippen LogP contribution in [0.1, 0.15) is 82.3 Å². The van der Waals surface area contributed by atoms with Crippen molar-refractivity contribution in [1.29, 1.82) is 0 Å². The molecule has 3 fully saturated rings. The summed E-state index contributed by atoms with van der Waals surface area (Å²) in [5.74, 6) is -3.32. The average Bonchev–Trinajstić information content (AvgIpc) is 3.52. The second-order valence-corrected chi connectivity index (χ2v) is 16.5. The zero-order chi connectivity index (χ0) is 36.8. The molecule has 3 aliphatic rings. The van der Waals surface area contributed by atoms with Crippen molar-refractivity contribution in [3.63, 3.8) is 0 Å². The topological polar surface area (TPSA) is 101 Å². The summed E-state index contributed by atoms with van der Waals surface area (Å²) in [4.78, 5) is 26.0. The van der Waals surface area contributed by atoms with E-state index in [1.165, 1.54) is 4.90 Å². The van der Waals surface area contributed by atoms with E-state index in [1.54, 1.807) is 6.92 Å². The number of rotatable bonds is 9. The van der Waals surface area contributed by atoms with Crippen molar-refractivity contribution < 1.29 is 58.6 Å². The molecule has 1 N–H and O–H groups in total. The maximum absolute atomic E-state index is 14.7. The molecule has 276 valence electrons. The van der Waals surface area contributed by atoms with Gasteiger partial charge in [0, 0.05) is 24.6 Å². The lowest BCUT2D eigenvalue weighted by molar-refractivity contribution is -0.393. The molecule has 1 amide bonds. The summed E-state index contributed by atoms with van der Waals surface area (Å²) >= 11 is 0. The van der Waals surface area contributed by atoms with Gasteiger partial charge in [0.2, 0.25) is 5.91 Å². The van der Waals surface area contributed by atoms with Crippen molar-refractivity contribution in [2.24, 2.45) is 17.3 Å². The number of benzene rings is 2. The predicted molar refractivity (Wildman–Crippen MR) is 167 cm³/mol. The molecule has 1 saturated heterocycles. The van der Waals surface area contributed by atoms with Crippen LogP contribution in [-0.4, -0.2) is 62.3 Å². The van der Waals surface area contributed by atoms with Gasteiger partial charge in [0.25, 0.3) is 5.60 Å². The Morgan fingerprint density at radius 1 is 0.840 bits per heavy atom. The van der Waals surface area contributed by atoms with Crippen LogP contribution < -0.4 is 0 Å². The predicted octanol–water partition coefficient (Wildman–Crippen LogP) is 7.93. The largest absolute Gasteiger partial charge is 0.481 e. The van der Waals surface area contributed by atoms with Crippen LogP contribution in [0.3, 0.4) is 0 Å². The molecule has 15 heteroatoms. The molecule has 2 aromatic carbocycles. The molecular weight excluding hydrogens is 695 g/mol. The SMILES string of the molecule is CC1(COC(c2ccc([C@]3(S(=O)(=O)c4ccc(F)cc4)CCN(C(=O)C4CCC(C(=O)O)CC4)C3)cc2)(C(F)(F)F)C(F)(F)F)CCCCC1. The molecule has 0 unspecified atom stereocenters. The van der Waals surface area contributed by atoms with Crippen molar-refractivity contribution >= 4 is 21.7 Å². The van der Waals surface area contributed by atoms with Crippen LogP contribution in [0.4, 0.5) is 30.7 Å². The van der Waals surface area contributed by atoms with Crippen LogP contribution in [0, 0.1) is 23.1 Å². The molecule has 5 rings (SSSR count). The summed E-state index contributed by atoms with van der Waals surface area (Å²) in [6, 6.07) is 6.81. The van der Waals surface area contributed by atoms with Gasteiger partial charge in [-0.1, -0.05) is 50.5 Å². The number of sulfone groups is 1. The first-order valence-corrected chi connectivity index (χ1v) is 18.1. The van der Waals surface area contributed by atoms with Crippen molar-refractivity contribution in [3.05, 3.63) is 65.5 Å². The fourth-order valence-electron chi connectivity index (χ4n) is 7.84. The summed E-state index contributed by atoms with van der Waals surface area (Å²) in [6.07, 6.45) is -8.20. The van der Waals surface area contributed by atoms with E-state index >= 15 is 0 Å². The number of likely N-dealkylation sites (tertiary alicyclic amines) is 1. The fourth-order valence-corrected chi connectivity index (χ4v) is 9.92. The lowest BCUT2D eigenvalue weighted by atomic mass is 9.76. The molecule has 1 atom stereocenters. The molecule has 0 aromatic heterocycles. The van der Waals surface area contributed by atoms with Gasteiger partial charge in [0.1, 0.15) is 10.6 Å². The zero-order valence-corrected chi connectivity index (χ0v) is 28.3. The first-order chi connectivity index (χ1) is 23.3. The third-order valence-corrected chi connectivity index (χ3v) is 13.4. The van der Waals surface area contributed by atoms with Gasteiger partial charge in [-0.2, -0.15) is 26.3 Å². The number of alkyl halides is 6. The first kappa shape index (κ1) is 38.0. The third kappa shape index (κ3) is 6.88. The Labute approximate surface area is 286 Å². The monoisotopic (exact) mass is 735 g/mol. The van der Waals surface area contributed by atoms with Crippen LogP contribution in [-0.2, 0) is 34.5 Å². The number of ether oxygens (including phenoxy) is 1. The fraction of sp³-hybridized carbons (Fsp3) is 0.600. The van der Waals surface area contributed by atoms with Crippen molar-refractivity contribution in [1.82, 2.24) is 4.90 Å². The van der Waals surface area contributed by atoms with Crippen molar-refractivity contribution in [2.75, 3.05) is 19.7 Å². The number of halogens is 7. The highest BCUT2D eigenvalue weighted by Crippen LogP contribution is 2.55. The van der Waals surface area contributed by atoms with E-state index in [0.29, 0.717) is 37.8 Å². The van der Waals surface area contributed by atoms with Crippen molar-refractivity contribution in [2.45, 2.75) is 98.7 Å². The normalized spacial score (nSPS) is 25.0. The minimum absolute atomic E-state index is 0.101. The van der Waals surface area contributed by atoms with Crippen LogP contribution in [0.25, 0.3) is 0 Å². The lowest BCUT2D eigenvalue weighted by Crippen LogP contribution is -2.57. The number of carboxylic acids is 1. The highest BCUT2D eigenvalue weighted by atomic mass is 32.2. The number of amides is 1. The molecule has 2 aromatic rings. The maximum Gasteiger partial charge on any atom is 0.430 e. The number of aliphatic carboxylic acids is 1. The Kier molecular flexibility index (Phi) is 10.5. The summed E-state index contributed by atoms with van der Waals surface area (Å²) in [7, 11) is -4.54. The van der Waals surface area contributed by atoms with E-state index in [9.17, 15) is 53.8 Å². The second kappa shape index (κ2) is 13.7. The molecule has 50 heavy (non-hydrogen) atoms. The third-order valence-electron chi connectivity index (χ3n) is 10.9. The minimum atomic E-state index is -5.94. The van der Waals surface area contributed by atoms with Gasteiger partial charge in [0.05, 0.1) is 17.4 Å². The molecule has 0 bridgehead atoms. The van der Waals surface area contributed by atoms with Gasteiger partial charge in [-0.3, -0.25) is 9.59 Å². The highest BCUT2D eigenvalue weighted by molar-refractivity contribution is 7.92. The number of hydrogen-bond acceptors (Lipinski definition) is 5. The molecule has 7 nitrogen and oxygen atoms in total. The Balaban J connectivity index is 1.54. The van der Waals surface area contributed by atoms with Crippen LogP contribution in [0.15, 0.2) is 53.4 Å². The number of carbonyl (C=O) groups excluding carboxylic acids is 1. The molecule has 0 radical (unpaired) electrons. The second-order valence-electron chi connectivity index (χ2n) is 14.3. The quantitative estimate of drug-likeness (QED) is 0.208. The Morgan fingerprint density at radius 3 is 1.90 bits per heavy atom. The number of nitrogens with zero attached hydrogens (tertiary/aromatic N) is 1. The molecule has 2 aliphatic carbocycles. The standard InChI is InChI=1S/C35H40F7NO6S/c1-31(17-3-2-4-18-31)22-49-33(34(37,38)39,35(40,41)42)26-11-9-25(10-12-26)32(50(47,48)28-15-13-27(36)14-16-28)19-20-43(21-32)29(44)23-5-7-24(8-6-23)30(45)46/h9-16,23-24H,2-8,17-22H2,1H3,(H,45,46)/t23?,24?,32-/m0/s1. The minimum Gasteiger partial charge on any atom is -0.481 e. The van der Waals surface area contributed by atoms with Crippen molar-refractivity contribution in [3.8, 4) is 0 Å². The van der Waals surface area contributed by atoms with Crippen LogP contribution in [0.5, 0.6) is 0 Å². The van der Waals surface area contributed by atoms with Gasteiger partial charge < -0.3 is 14.7 Å². The molecule has 2 saturated carbocycles. The van der Waals surface area contributed by atoms with E-state index < -0.39 is 86.2 Å². The van der Waals surface area contributed by atoms with Gasteiger partial charge in [-0.25, -0.2) is 12.8 Å². The van der Waals surface area contributed by atoms with E-state index in [4.69, 9.17) is 4.74 Å². The smallest absolute Gasteiger partial charge is 0.430 e. The lowest BCUT2D eigenvalue weighted by Gasteiger charge is -2.41. The number of carboxylic acid groups (broad SMARTS) is 1.